The number of amides is 2. The number of carbonyl (C=O) groups excluding carboxylic acids is 1. The van der Waals surface area contributed by atoms with Gasteiger partial charge in [-0.25, -0.2) is 9.18 Å². The van der Waals surface area contributed by atoms with Crippen molar-refractivity contribution >= 4 is 29.0 Å². The number of benzene rings is 2. The third-order valence-electron chi connectivity index (χ3n) is 4.14. The molecule has 7 heteroatoms. The van der Waals surface area contributed by atoms with E-state index in [1.807, 2.05) is 6.07 Å². The molecule has 1 heterocycles. The largest absolute Gasteiger partial charge is 0.495 e. The summed E-state index contributed by atoms with van der Waals surface area (Å²) in [6.45, 7) is 2.43. The van der Waals surface area contributed by atoms with Gasteiger partial charge in [-0.2, -0.15) is 0 Å². The molecule has 1 saturated heterocycles. The fourth-order valence-corrected chi connectivity index (χ4v) is 3.04. The van der Waals surface area contributed by atoms with Crippen LogP contribution in [0.1, 0.15) is 0 Å². The lowest BCUT2D eigenvalue weighted by atomic mass is 10.2. The maximum Gasteiger partial charge on any atom is 0.321 e. The number of methoxy groups -OCH3 is 1. The summed E-state index contributed by atoms with van der Waals surface area (Å²) < 4.78 is 18.4. The molecule has 2 aromatic rings. The lowest BCUT2D eigenvalue weighted by Crippen LogP contribution is -2.50. The zero-order valence-corrected chi connectivity index (χ0v) is 14.6. The van der Waals surface area contributed by atoms with Crippen molar-refractivity contribution in [3.8, 4) is 5.75 Å². The van der Waals surface area contributed by atoms with Gasteiger partial charge in [0.2, 0.25) is 0 Å². The Kier molecular flexibility index (Phi) is 5.28. The van der Waals surface area contributed by atoms with Crippen molar-refractivity contribution in [1.29, 1.82) is 0 Å². The molecule has 3 rings (SSSR count). The van der Waals surface area contributed by atoms with Gasteiger partial charge < -0.3 is 19.9 Å². The van der Waals surface area contributed by atoms with E-state index in [-0.39, 0.29) is 11.8 Å². The van der Waals surface area contributed by atoms with Crippen LogP contribution in [0.15, 0.2) is 42.5 Å². The van der Waals surface area contributed by atoms with Crippen LogP contribution in [0.4, 0.5) is 20.6 Å². The van der Waals surface area contributed by atoms with Crippen LogP contribution in [0.25, 0.3) is 0 Å². The first kappa shape index (κ1) is 17.4. The second-order valence-electron chi connectivity index (χ2n) is 5.73. The molecule has 0 atom stereocenters. The molecule has 1 aliphatic heterocycles. The molecule has 0 saturated carbocycles. The van der Waals surface area contributed by atoms with E-state index >= 15 is 0 Å². The van der Waals surface area contributed by atoms with E-state index in [0.717, 1.165) is 5.69 Å². The summed E-state index contributed by atoms with van der Waals surface area (Å²) in [5, 5.41) is 3.28. The Hall–Kier alpha value is -2.47. The molecule has 1 aliphatic rings. The van der Waals surface area contributed by atoms with Crippen LogP contribution in [0.5, 0.6) is 5.75 Å². The molecule has 0 aliphatic carbocycles. The molecule has 2 aromatic carbocycles. The fourth-order valence-electron chi connectivity index (χ4n) is 2.79. The fraction of sp³-hybridized carbons (Fsp3) is 0.278. The van der Waals surface area contributed by atoms with Crippen LogP contribution in [0.2, 0.25) is 5.02 Å². The van der Waals surface area contributed by atoms with Crippen LogP contribution >= 0.6 is 11.6 Å². The summed E-state index contributed by atoms with van der Waals surface area (Å²) in [5.74, 6) is 0.303. The van der Waals surface area contributed by atoms with Crippen molar-refractivity contribution in [2.24, 2.45) is 0 Å². The third-order valence-corrected chi connectivity index (χ3v) is 4.44. The van der Waals surface area contributed by atoms with Gasteiger partial charge in [0.15, 0.2) is 0 Å². The highest BCUT2D eigenvalue weighted by Gasteiger charge is 2.21. The van der Waals surface area contributed by atoms with E-state index in [4.69, 9.17) is 16.3 Å². The molecule has 25 heavy (non-hydrogen) atoms. The van der Waals surface area contributed by atoms with E-state index in [9.17, 15) is 9.18 Å². The smallest absolute Gasteiger partial charge is 0.321 e. The van der Waals surface area contributed by atoms with Gasteiger partial charge in [0.05, 0.1) is 12.1 Å². The molecule has 5 nitrogen and oxygen atoms in total. The zero-order valence-electron chi connectivity index (χ0n) is 13.8. The summed E-state index contributed by atoms with van der Waals surface area (Å²) >= 11 is 6.07. The van der Waals surface area contributed by atoms with Crippen molar-refractivity contribution in [3.05, 3.63) is 53.3 Å². The van der Waals surface area contributed by atoms with Crippen LogP contribution in [-0.4, -0.2) is 44.2 Å². The average Bonchev–Trinajstić information content (AvgIpc) is 2.62. The predicted molar refractivity (Wildman–Crippen MR) is 97.2 cm³/mol. The molecule has 0 spiro atoms. The molecule has 132 valence electrons. The molecule has 0 bridgehead atoms. The Morgan fingerprint density at radius 3 is 2.56 bits per heavy atom. The zero-order chi connectivity index (χ0) is 17.8. The number of urea groups is 1. The van der Waals surface area contributed by atoms with Crippen molar-refractivity contribution in [2.75, 3.05) is 43.5 Å². The summed E-state index contributed by atoms with van der Waals surface area (Å²) in [4.78, 5) is 16.2. The SMILES string of the molecule is COc1ccc(NC(=O)N2CCN(c3cccc(F)c3)CC2)cc1Cl. The van der Waals surface area contributed by atoms with Crippen LogP contribution in [0, 0.1) is 5.82 Å². The van der Waals surface area contributed by atoms with Crippen molar-refractivity contribution in [1.82, 2.24) is 4.90 Å². The van der Waals surface area contributed by atoms with Gasteiger partial charge in [-0.05, 0) is 36.4 Å². The molecular weight excluding hydrogens is 345 g/mol. The van der Waals surface area contributed by atoms with E-state index in [1.165, 1.54) is 19.2 Å². The lowest BCUT2D eigenvalue weighted by molar-refractivity contribution is 0.208. The summed E-state index contributed by atoms with van der Waals surface area (Å²) in [5.41, 5.74) is 1.45. The maximum atomic E-state index is 13.3. The summed E-state index contributed by atoms with van der Waals surface area (Å²) in [6, 6.07) is 11.4. The second-order valence-corrected chi connectivity index (χ2v) is 6.14. The van der Waals surface area contributed by atoms with Gasteiger partial charge in [-0.3, -0.25) is 0 Å². The van der Waals surface area contributed by atoms with Crippen molar-refractivity contribution in [2.45, 2.75) is 0 Å². The molecule has 0 aromatic heterocycles. The van der Waals surface area contributed by atoms with Gasteiger partial charge in [0, 0.05) is 37.6 Å². The van der Waals surface area contributed by atoms with Gasteiger partial charge in [0.25, 0.3) is 0 Å². The normalized spacial score (nSPS) is 14.4. The topological polar surface area (TPSA) is 44.8 Å². The Morgan fingerprint density at radius 1 is 1.16 bits per heavy atom. The molecular formula is C18H19ClFN3O2. The Morgan fingerprint density at radius 2 is 1.92 bits per heavy atom. The first-order chi connectivity index (χ1) is 12.1. The number of ether oxygens (including phenoxy) is 1. The average molecular weight is 364 g/mol. The first-order valence-corrected chi connectivity index (χ1v) is 8.34. The highest BCUT2D eigenvalue weighted by atomic mass is 35.5. The molecule has 0 radical (unpaired) electrons. The van der Waals surface area contributed by atoms with Gasteiger partial charge in [-0.15, -0.1) is 0 Å². The van der Waals surface area contributed by atoms with Gasteiger partial charge in [0.1, 0.15) is 11.6 Å². The number of nitrogens with one attached hydrogen (secondary N) is 1. The lowest BCUT2D eigenvalue weighted by Gasteiger charge is -2.36. The van der Waals surface area contributed by atoms with Gasteiger partial charge >= 0.3 is 6.03 Å². The molecule has 0 unspecified atom stereocenters. The van der Waals surface area contributed by atoms with Crippen LogP contribution in [0.3, 0.4) is 0 Å². The molecule has 1 fully saturated rings. The minimum absolute atomic E-state index is 0.180. The van der Waals surface area contributed by atoms with E-state index < -0.39 is 0 Å². The number of rotatable bonds is 3. The van der Waals surface area contributed by atoms with Crippen LogP contribution in [-0.2, 0) is 0 Å². The quantitative estimate of drug-likeness (QED) is 0.901. The third kappa shape index (κ3) is 4.14. The number of hydrogen-bond acceptors (Lipinski definition) is 3. The Labute approximate surface area is 150 Å². The van der Waals surface area contributed by atoms with E-state index in [0.29, 0.717) is 42.6 Å². The molecule has 1 N–H and O–H groups in total. The summed E-state index contributed by atoms with van der Waals surface area (Å²) in [6.07, 6.45) is 0. The van der Waals surface area contributed by atoms with Crippen molar-refractivity contribution < 1.29 is 13.9 Å². The van der Waals surface area contributed by atoms with E-state index in [1.54, 1.807) is 29.2 Å². The number of hydrogen-bond donors (Lipinski definition) is 1. The Balaban J connectivity index is 1.57. The highest BCUT2D eigenvalue weighted by molar-refractivity contribution is 6.32. The maximum absolute atomic E-state index is 13.3. The molecule has 2 amide bonds. The minimum atomic E-state index is -0.256. The standard InChI is InChI=1S/C18H19ClFN3O2/c1-25-17-6-5-14(12-16(17)19)21-18(24)23-9-7-22(8-10-23)15-4-2-3-13(20)11-15/h2-6,11-12H,7-10H2,1H3,(H,21,24). The first-order valence-electron chi connectivity index (χ1n) is 7.97. The number of piperazine rings is 1. The Bertz CT molecular complexity index is 764. The van der Waals surface area contributed by atoms with Gasteiger partial charge in [-0.1, -0.05) is 17.7 Å². The van der Waals surface area contributed by atoms with E-state index in [2.05, 4.69) is 10.2 Å². The number of nitrogens with zero attached hydrogens (tertiary/aromatic N) is 2. The van der Waals surface area contributed by atoms with Crippen molar-refractivity contribution in [3.63, 3.8) is 0 Å². The number of anilines is 2. The monoisotopic (exact) mass is 363 g/mol. The highest BCUT2D eigenvalue weighted by Crippen LogP contribution is 2.27. The summed E-state index contributed by atoms with van der Waals surface area (Å²) in [7, 11) is 1.54. The minimum Gasteiger partial charge on any atom is -0.495 e. The number of carbonyl (C=O) groups is 1. The van der Waals surface area contributed by atoms with Crippen LogP contribution < -0.4 is 15.0 Å². The predicted octanol–water partition coefficient (Wildman–Crippen LogP) is 3.84. The second kappa shape index (κ2) is 7.61. The number of halogens is 2.